The van der Waals surface area contributed by atoms with Crippen molar-refractivity contribution in [2.75, 3.05) is 0 Å². The number of nitrogens with one attached hydrogen (secondary N) is 2. The zero-order chi connectivity index (χ0) is 20.0. The monoisotopic (exact) mass is 678 g/mol. The summed E-state index contributed by atoms with van der Waals surface area (Å²) in [6.07, 6.45) is 4.33. The molecule has 6 aliphatic rings. The first-order chi connectivity index (χ1) is 14.7. The van der Waals surface area contributed by atoms with Crippen molar-refractivity contribution >= 4 is 72.0 Å². The number of hydrogen-bond donors (Lipinski definition) is 2. The molecule has 0 aromatic heterocycles. The molecule has 0 amide bonds. The van der Waals surface area contributed by atoms with Crippen molar-refractivity contribution < 1.29 is 48.0 Å². The molecular formula is C24H12Br2Cl2N2SZr. The van der Waals surface area contributed by atoms with Crippen molar-refractivity contribution in [3.63, 3.8) is 0 Å². The molecule has 2 N–H and O–H groups in total. The minimum Gasteiger partial charge on any atom is -1.00 e. The fourth-order valence-corrected chi connectivity index (χ4v) is 9.97. The Morgan fingerprint density at radius 2 is 1.59 bits per heavy atom. The second-order valence-corrected chi connectivity index (χ2v) is 13.5. The van der Waals surface area contributed by atoms with Crippen LogP contribution in [-0.4, -0.2) is 9.97 Å². The van der Waals surface area contributed by atoms with Gasteiger partial charge < -0.3 is 24.8 Å². The molecular weight excluding hydrogens is 670 g/mol. The van der Waals surface area contributed by atoms with Gasteiger partial charge in [-0.25, -0.2) is 0 Å². The average molecular weight is 682 g/mol. The summed E-state index contributed by atoms with van der Waals surface area (Å²) < 4.78 is 5.11. The quantitative estimate of drug-likeness (QED) is 0.245. The summed E-state index contributed by atoms with van der Waals surface area (Å²) >= 11 is 8.24. The molecule has 0 spiro atoms. The Morgan fingerprint density at radius 1 is 0.781 bits per heavy atom. The molecule has 2 aliphatic carbocycles. The summed E-state index contributed by atoms with van der Waals surface area (Å²) in [5, 5.41) is 5.33. The first-order valence-corrected chi connectivity index (χ1v) is 14.4. The van der Waals surface area contributed by atoms with E-state index in [0.29, 0.717) is 0 Å². The molecule has 8 heteroatoms. The van der Waals surface area contributed by atoms with Crippen molar-refractivity contribution in [1.82, 2.24) is 9.97 Å². The molecule has 6 bridgehead atoms. The summed E-state index contributed by atoms with van der Waals surface area (Å²) in [4.78, 5) is 9.93. The molecule has 0 fully saturated rings. The summed E-state index contributed by atoms with van der Waals surface area (Å²) in [7, 11) is 0. The van der Waals surface area contributed by atoms with Gasteiger partial charge in [0.15, 0.2) is 0 Å². The second-order valence-electron chi connectivity index (χ2n) is 7.58. The number of pyridine rings is 2. The third-order valence-electron chi connectivity index (χ3n) is 5.92. The number of halogens is 4. The van der Waals surface area contributed by atoms with Crippen molar-refractivity contribution in [3.8, 4) is 22.3 Å². The standard InChI is InChI=1S/C24H12Br2N2S.2ClH.Zr/c25-15-1-2-16-14(7-15)9-18-21(16)11-28-12-23(18)29-24-19-8-13-5-6-27-10-20(13)17(19)3-4-22(24)26;;;/h1-9,12,27-28H;2*1H;/q;;;+2/p-2. The van der Waals surface area contributed by atoms with Crippen LogP contribution in [0.1, 0.15) is 0 Å². The summed E-state index contributed by atoms with van der Waals surface area (Å²) in [5.41, 5.74) is 5.49. The van der Waals surface area contributed by atoms with Gasteiger partial charge in [-0.1, -0.05) is 0 Å². The molecule has 0 saturated carbocycles. The van der Waals surface area contributed by atoms with Crippen LogP contribution < -0.4 is 31.6 Å². The number of rotatable bonds is 0. The second kappa shape index (κ2) is 8.48. The van der Waals surface area contributed by atoms with Crippen molar-refractivity contribution in [1.29, 1.82) is 0 Å². The molecule has 0 atom stereocenters. The maximum absolute atomic E-state index is 3.84. The van der Waals surface area contributed by atoms with E-state index in [1.165, 1.54) is 60.4 Å². The molecule has 4 aliphatic heterocycles. The van der Waals surface area contributed by atoms with Gasteiger partial charge in [0.1, 0.15) is 0 Å². The molecule has 0 saturated heterocycles. The number of aromatic amines is 2. The Hall–Kier alpha value is -0.747. The third-order valence-corrected chi connectivity index (χ3v) is 11.7. The van der Waals surface area contributed by atoms with E-state index in [2.05, 4.69) is 103 Å². The predicted octanol–water partition coefficient (Wildman–Crippen LogP) is 0.890. The molecule has 2 aromatic carbocycles. The zero-order valence-electron chi connectivity index (χ0n) is 16.2. The van der Waals surface area contributed by atoms with E-state index in [4.69, 9.17) is 0 Å². The van der Waals surface area contributed by atoms with E-state index in [-0.39, 0.29) is 24.8 Å². The van der Waals surface area contributed by atoms with Crippen LogP contribution in [0, 0.1) is 0 Å². The number of benzene rings is 2. The van der Waals surface area contributed by atoms with Gasteiger partial charge in [-0.05, 0) is 0 Å². The van der Waals surface area contributed by atoms with Crippen LogP contribution in [0.25, 0.3) is 43.8 Å². The van der Waals surface area contributed by atoms with E-state index in [9.17, 15) is 0 Å². The summed E-state index contributed by atoms with van der Waals surface area (Å²) in [6, 6.07) is 18.1. The van der Waals surface area contributed by atoms with Gasteiger partial charge in [0.2, 0.25) is 0 Å². The minimum absolute atomic E-state index is 0. The summed E-state index contributed by atoms with van der Waals surface area (Å²) in [6.45, 7) is 0. The van der Waals surface area contributed by atoms with Gasteiger partial charge in [0.25, 0.3) is 0 Å². The van der Waals surface area contributed by atoms with Crippen LogP contribution in [0.4, 0.5) is 0 Å². The summed E-state index contributed by atoms with van der Waals surface area (Å²) in [5.74, 6) is 0. The Morgan fingerprint density at radius 3 is 2.47 bits per heavy atom. The van der Waals surface area contributed by atoms with Crippen LogP contribution in [0.5, 0.6) is 0 Å². The molecule has 4 heterocycles. The fourth-order valence-electron chi connectivity index (χ4n) is 4.64. The normalized spacial score (nSPS) is 12.1. The van der Waals surface area contributed by atoms with Crippen LogP contribution in [0.15, 0.2) is 79.7 Å². The first-order valence-electron chi connectivity index (χ1n) is 9.58. The molecule has 32 heavy (non-hydrogen) atoms. The van der Waals surface area contributed by atoms with Gasteiger partial charge in [0, 0.05) is 0 Å². The number of hydrogen-bond acceptors (Lipinski definition) is 1. The van der Waals surface area contributed by atoms with Crippen molar-refractivity contribution in [3.05, 3.63) is 69.9 Å². The fraction of sp³-hybridized carbons (Fsp3) is 0. The molecule has 0 radical (unpaired) electrons. The Bertz CT molecular complexity index is 1590. The Labute approximate surface area is 229 Å². The predicted molar refractivity (Wildman–Crippen MR) is 129 cm³/mol. The van der Waals surface area contributed by atoms with E-state index in [1.807, 2.05) is 11.8 Å². The third kappa shape index (κ3) is 3.29. The molecule has 156 valence electrons. The topological polar surface area (TPSA) is 31.6 Å². The Kier molecular flexibility index (Phi) is 6.10. The molecule has 0 unspecified atom stereocenters. The van der Waals surface area contributed by atoms with Crippen LogP contribution in [-0.2, 0) is 23.2 Å². The van der Waals surface area contributed by atoms with Gasteiger partial charge >= 0.3 is 207 Å². The molecule has 8 rings (SSSR count). The smallest absolute Gasteiger partial charge is 1.00 e. The maximum atomic E-state index is 3.84. The number of aromatic nitrogens is 2. The van der Waals surface area contributed by atoms with Crippen LogP contribution in [0.3, 0.4) is 0 Å². The molecule has 2 nitrogen and oxygen atoms in total. The van der Waals surface area contributed by atoms with Crippen molar-refractivity contribution in [2.24, 2.45) is 0 Å². The maximum Gasteiger partial charge on any atom is -1.00 e. The van der Waals surface area contributed by atoms with Crippen LogP contribution in [0.2, 0.25) is 0 Å². The van der Waals surface area contributed by atoms with Crippen LogP contribution >= 0.6 is 43.6 Å². The first kappa shape index (κ1) is 23.0. The van der Waals surface area contributed by atoms with E-state index in [0.717, 1.165) is 8.95 Å². The SMILES string of the molecule is Brc1ccc2c3[c]4[nH]cc(c-3cc2c1)Sc1c(Br)ccc2c3[c]([nH]ccc-3cc12)[Zr+2]4.[Cl-].[Cl-]. The van der Waals surface area contributed by atoms with Gasteiger partial charge in [-0.2, -0.15) is 0 Å². The molecule has 2 aromatic rings. The van der Waals surface area contributed by atoms with Gasteiger partial charge in [-0.15, -0.1) is 0 Å². The van der Waals surface area contributed by atoms with E-state index >= 15 is 0 Å². The Balaban J connectivity index is 0.00000108. The number of H-pyrrole nitrogens is 2. The van der Waals surface area contributed by atoms with Gasteiger partial charge in [-0.3, -0.25) is 0 Å². The number of fused-ring (bicyclic) bond motifs is 2. The van der Waals surface area contributed by atoms with Gasteiger partial charge in [0.05, 0.1) is 0 Å². The zero-order valence-corrected chi connectivity index (χ0v) is 24.2. The van der Waals surface area contributed by atoms with E-state index in [1.54, 1.807) is 0 Å². The van der Waals surface area contributed by atoms with E-state index < -0.39 is 23.2 Å². The largest absolute Gasteiger partial charge is 1.00 e. The van der Waals surface area contributed by atoms with Crippen molar-refractivity contribution in [2.45, 2.75) is 9.79 Å². The minimum atomic E-state index is -1.11. The average Bonchev–Trinajstić information content (AvgIpc) is 3.29.